The maximum Gasteiger partial charge on any atom is 0.281 e. The molecule has 0 unspecified atom stereocenters. The van der Waals surface area contributed by atoms with Crippen molar-refractivity contribution in [3.63, 3.8) is 0 Å². The summed E-state index contributed by atoms with van der Waals surface area (Å²) in [5.41, 5.74) is 2.79. The van der Waals surface area contributed by atoms with E-state index in [9.17, 15) is 4.79 Å². The molecule has 2 aromatic heterocycles. The lowest BCUT2D eigenvalue weighted by Gasteiger charge is -2.04. The predicted octanol–water partition coefficient (Wildman–Crippen LogP) is 2.27. The fourth-order valence-electron chi connectivity index (χ4n) is 2.09. The van der Waals surface area contributed by atoms with Gasteiger partial charge in [0.1, 0.15) is 0 Å². The first-order chi connectivity index (χ1) is 8.54. The third-order valence-electron chi connectivity index (χ3n) is 3.08. The van der Waals surface area contributed by atoms with Crippen molar-refractivity contribution in [2.24, 2.45) is 12.0 Å². The number of nitrogens with zero attached hydrogens (tertiary/aromatic N) is 3. The highest BCUT2D eigenvalue weighted by Crippen LogP contribution is 2.15. The SMILES string of the molecule is CCn1c(C)cc(C(=O)N=c2sccn2C)c1C. The summed E-state index contributed by atoms with van der Waals surface area (Å²) >= 11 is 1.46. The van der Waals surface area contributed by atoms with Crippen LogP contribution in [0.1, 0.15) is 28.7 Å². The molecule has 5 heteroatoms. The maximum absolute atomic E-state index is 12.2. The molecule has 2 aromatic rings. The minimum absolute atomic E-state index is 0.166. The lowest BCUT2D eigenvalue weighted by atomic mass is 10.2. The predicted molar refractivity (Wildman–Crippen MR) is 72.8 cm³/mol. The Bertz CT molecular complexity index is 645. The van der Waals surface area contributed by atoms with E-state index in [1.54, 1.807) is 0 Å². The Labute approximate surface area is 110 Å². The molecule has 0 fully saturated rings. The summed E-state index contributed by atoms with van der Waals surface area (Å²) in [6.07, 6.45) is 1.89. The van der Waals surface area contributed by atoms with Gasteiger partial charge in [-0.2, -0.15) is 4.99 Å². The van der Waals surface area contributed by atoms with Gasteiger partial charge < -0.3 is 9.13 Å². The Morgan fingerprint density at radius 1 is 1.44 bits per heavy atom. The van der Waals surface area contributed by atoms with Gasteiger partial charge in [0.25, 0.3) is 5.91 Å². The quantitative estimate of drug-likeness (QED) is 0.819. The van der Waals surface area contributed by atoms with Crippen LogP contribution in [0.15, 0.2) is 22.6 Å². The van der Waals surface area contributed by atoms with Crippen LogP contribution in [-0.4, -0.2) is 15.0 Å². The van der Waals surface area contributed by atoms with Crippen molar-refractivity contribution < 1.29 is 4.79 Å². The average molecular weight is 263 g/mol. The molecule has 0 saturated heterocycles. The number of aryl methyl sites for hydroxylation is 2. The Hall–Kier alpha value is -1.62. The number of aromatic nitrogens is 2. The number of carbonyl (C=O) groups excluding carboxylic acids is 1. The molecule has 4 nitrogen and oxygen atoms in total. The number of rotatable bonds is 2. The van der Waals surface area contributed by atoms with Crippen molar-refractivity contribution in [1.82, 2.24) is 9.13 Å². The van der Waals surface area contributed by atoms with Crippen LogP contribution in [0.25, 0.3) is 0 Å². The topological polar surface area (TPSA) is 39.3 Å². The molecule has 0 atom stereocenters. The van der Waals surface area contributed by atoms with Crippen molar-refractivity contribution >= 4 is 17.2 Å². The summed E-state index contributed by atoms with van der Waals surface area (Å²) < 4.78 is 3.97. The van der Waals surface area contributed by atoms with E-state index in [2.05, 4.69) is 16.5 Å². The molecule has 2 heterocycles. The largest absolute Gasteiger partial charge is 0.349 e. The Balaban J connectivity index is 2.45. The highest BCUT2D eigenvalue weighted by atomic mass is 32.1. The molecule has 0 aliphatic rings. The van der Waals surface area contributed by atoms with Crippen LogP contribution in [-0.2, 0) is 13.6 Å². The van der Waals surface area contributed by atoms with E-state index >= 15 is 0 Å². The second kappa shape index (κ2) is 4.94. The highest BCUT2D eigenvalue weighted by Gasteiger charge is 2.14. The molecule has 0 aliphatic carbocycles. The number of hydrogen-bond donors (Lipinski definition) is 0. The standard InChI is InChI=1S/C13H17N3OS/c1-5-16-9(2)8-11(10(16)3)12(17)14-13-15(4)6-7-18-13/h6-8H,5H2,1-4H3. The molecular weight excluding hydrogens is 246 g/mol. The number of hydrogen-bond acceptors (Lipinski definition) is 2. The zero-order chi connectivity index (χ0) is 13.3. The van der Waals surface area contributed by atoms with Crippen LogP contribution < -0.4 is 4.80 Å². The molecule has 0 saturated carbocycles. The van der Waals surface area contributed by atoms with Gasteiger partial charge in [-0.05, 0) is 26.8 Å². The molecular formula is C13H17N3OS. The third kappa shape index (κ3) is 2.18. The van der Waals surface area contributed by atoms with E-state index in [0.717, 1.165) is 22.7 Å². The third-order valence-corrected chi connectivity index (χ3v) is 3.92. The molecule has 18 heavy (non-hydrogen) atoms. The van der Waals surface area contributed by atoms with Gasteiger partial charge in [0.15, 0.2) is 4.80 Å². The van der Waals surface area contributed by atoms with E-state index < -0.39 is 0 Å². The summed E-state index contributed by atoms with van der Waals surface area (Å²) in [6.45, 7) is 6.93. The lowest BCUT2D eigenvalue weighted by molar-refractivity contribution is 0.0997. The average Bonchev–Trinajstić information content (AvgIpc) is 2.84. The smallest absolute Gasteiger partial charge is 0.281 e. The number of thiazole rings is 1. The number of carbonyl (C=O) groups is 1. The highest BCUT2D eigenvalue weighted by molar-refractivity contribution is 7.07. The second-order valence-electron chi connectivity index (χ2n) is 4.24. The Kier molecular flexibility index (Phi) is 3.52. The summed E-state index contributed by atoms with van der Waals surface area (Å²) in [5, 5.41) is 1.92. The molecule has 96 valence electrons. The van der Waals surface area contributed by atoms with Crippen LogP contribution in [0, 0.1) is 13.8 Å². The van der Waals surface area contributed by atoms with Gasteiger partial charge in [-0.25, -0.2) is 0 Å². The zero-order valence-electron chi connectivity index (χ0n) is 11.1. The fourth-order valence-corrected chi connectivity index (χ4v) is 2.81. The van der Waals surface area contributed by atoms with Crippen molar-refractivity contribution in [2.75, 3.05) is 0 Å². The monoisotopic (exact) mass is 263 g/mol. The second-order valence-corrected chi connectivity index (χ2v) is 5.12. The normalized spacial score (nSPS) is 12.1. The van der Waals surface area contributed by atoms with Crippen LogP contribution in [0.4, 0.5) is 0 Å². The van der Waals surface area contributed by atoms with Gasteiger partial charge in [-0.3, -0.25) is 4.79 Å². The van der Waals surface area contributed by atoms with E-state index in [-0.39, 0.29) is 5.91 Å². The van der Waals surface area contributed by atoms with Gasteiger partial charge in [-0.15, -0.1) is 11.3 Å². The number of amides is 1. The molecule has 2 rings (SSSR count). The molecule has 1 amide bonds. The first-order valence-electron chi connectivity index (χ1n) is 5.90. The summed E-state index contributed by atoms with van der Waals surface area (Å²) in [7, 11) is 1.89. The van der Waals surface area contributed by atoms with E-state index in [1.807, 2.05) is 43.1 Å². The first kappa shape index (κ1) is 12.8. The van der Waals surface area contributed by atoms with Crippen LogP contribution in [0.2, 0.25) is 0 Å². The summed E-state index contributed by atoms with van der Waals surface area (Å²) in [5.74, 6) is -0.166. The van der Waals surface area contributed by atoms with Gasteiger partial charge >= 0.3 is 0 Å². The van der Waals surface area contributed by atoms with Crippen molar-refractivity contribution in [3.8, 4) is 0 Å². The molecule has 0 bridgehead atoms. The maximum atomic E-state index is 12.2. The minimum Gasteiger partial charge on any atom is -0.349 e. The van der Waals surface area contributed by atoms with Gasteiger partial charge in [0.05, 0.1) is 5.56 Å². The molecule has 0 aromatic carbocycles. The zero-order valence-corrected chi connectivity index (χ0v) is 11.9. The van der Waals surface area contributed by atoms with E-state index in [0.29, 0.717) is 5.56 Å². The molecule has 0 spiro atoms. The van der Waals surface area contributed by atoms with Gasteiger partial charge in [-0.1, -0.05) is 0 Å². The lowest BCUT2D eigenvalue weighted by Crippen LogP contribution is -2.13. The van der Waals surface area contributed by atoms with Crippen LogP contribution in [0.3, 0.4) is 0 Å². The van der Waals surface area contributed by atoms with Crippen molar-refractivity contribution in [2.45, 2.75) is 27.3 Å². The van der Waals surface area contributed by atoms with E-state index in [1.165, 1.54) is 11.3 Å². The van der Waals surface area contributed by atoms with Crippen LogP contribution in [0.5, 0.6) is 0 Å². The van der Waals surface area contributed by atoms with Crippen molar-refractivity contribution in [3.05, 3.63) is 39.4 Å². The van der Waals surface area contributed by atoms with E-state index in [4.69, 9.17) is 0 Å². The first-order valence-corrected chi connectivity index (χ1v) is 6.78. The summed E-state index contributed by atoms with van der Waals surface area (Å²) in [6, 6.07) is 1.91. The molecule has 0 radical (unpaired) electrons. The van der Waals surface area contributed by atoms with Gasteiger partial charge in [0, 0.05) is 36.6 Å². The fraction of sp³-hybridized carbons (Fsp3) is 0.385. The minimum atomic E-state index is -0.166. The molecule has 0 aliphatic heterocycles. The Morgan fingerprint density at radius 3 is 2.67 bits per heavy atom. The Morgan fingerprint density at radius 2 is 2.17 bits per heavy atom. The van der Waals surface area contributed by atoms with Crippen LogP contribution >= 0.6 is 11.3 Å². The summed E-state index contributed by atoms with van der Waals surface area (Å²) in [4.78, 5) is 17.1. The van der Waals surface area contributed by atoms with Crippen molar-refractivity contribution in [1.29, 1.82) is 0 Å². The molecule has 0 N–H and O–H groups in total. The van der Waals surface area contributed by atoms with Gasteiger partial charge in [0.2, 0.25) is 0 Å².